The van der Waals surface area contributed by atoms with Gasteiger partial charge in [0.2, 0.25) is 0 Å². The van der Waals surface area contributed by atoms with Crippen molar-refractivity contribution in [3.05, 3.63) is 84.3 Å². The summed E-state index contributed by atoms with van der Waals surface area (Å²) in [6.07, 6.45) is 5.41. The molecule has 2 aromatic heterocycles. The number of aromatic nitrogens is 3. The predicted octanol–water partition coefficient (Wildman–Crippen LogP) is 3.98. The maximum atomic E-state index is 13.4. The first-order valence-corrected chi connectivity index (χ1v) is 11.0. The molecule has 0 unspecified atom stereocenters. The largest absolute Gasteiger partial charge is 0.337 e. The molecule has 2 N–H and O–H groups in total. The van der Waals surface area contributed by atoms with Gasteiger partial charge in [0.05, 0.1) is 11.2 Å². The van der Waals surface area contributed by atoms with E-state index in [9.17, 15) is 9.59 Å². The molecule has 1 aliphatic heterocycles. The highest BCUT2D eigenvalue weighted by Crippen LogP contribution is 2.27. The Kier molecular flexibility index (Phi) is 5.72. The van der Waals surface area contributed by atoms with Crippen LogP contribution in [0.2, 0.25) is 0 Å². The molecule has 0 radical (unpaired) electrons. The first-order chi connectivity index (χ1) is 16.2. The van der Waals surface area contributed by atoms with E-state index in [2.05, 4.69) is 15.6 Å². The number of benzene rings is 2. The molecule has 5 rings (SSSR count). The summed E-state index contributed by atoms with van der Waals surface area (Å²) in [6.45, 7) is 1.92. The standard InChI is InChI=1S/C25H24N6O2/c32-24(30-14-4-5-15-30)23-21-9-8-19(28-25(33)27-17-18-10-12-26-13-11-18)16-22(21)29-31(23)20-6-2-1-3-7-20/h1-3,6-13,16H,4-5,14-15,17H2,(H2,27,28,33). The van der Waals surface area contributed by atoms with Crippen molar-refractivity contribution in [3.63, 3.8) is 0 Å². The summed E-state index contributed by atoms with van der Waals surface area (Å²) in [7, 11) is 0. The normalized spacial score (nSPS) is 13.3. The summed E-state index contributed by atoms with van der Waals surface area (Å²) in [5, 5.41) is 11.2. The molecule has 0 atom stereocenters. The molecule has 3 amide bonds. The topological polar surface area (TPSA) is 92.1 Å². The second kappa shape index (κ2) is 9.12. The number of hydrogen-bond donors (Lipinski definition) is 2. The summed E-state index contributed by atoms with van der Waals surface area (Å²) in [5.74, 6) is -0.0188. The van der Waals surface area contributed by atoms with Gasteiger partial charge in [-0.3, -0.25) is 9.78 Å². The Labute approximate surface area is 191 Å². The Balaban J connectivity index is 1.43. The molecule has 8 nitrogen and oxygen atoms in total. The quantitative estimate of drug-likeness (QED) is 0.491. The van der Waals surface area contributed by atoms with Crippen LogP contribution in [0, 0.1) is 0 Å². The average Bonchev–Trinajstić information content (AvgIpc) is 3.52. The number of urea groups is 1. The Hall–Kier alpha value is -4.20. The minimum absolute atomic E-state index is 0.0188. The molecule has 8 heteroatoms. The zero-order valence-electron chi connectivity index (χ0n) is 18.1. The number of fused-ring (bicyclic) bond motifs is 1. The zero-order valence-corrected chi connectivity index (χ0v) is 18.1. The van der Waals surface area contributed by atoms with Gasteiger partial charge in [-0.25, -0.2) is 9.48 Å². The van der Waals surface area contributed by atoms with E-state index in [4.69, 9.17) is 5.10 Å². The van der Waals surface area contributed by atoms with E-state index in [1.54, 1.807) is 29.2 Å². The molecule has 4 aromatic rings. The minimum Gasteiger partial charge on any atom is -0.337 e. The van der Waals surface area contributed by atoms with E-state index in [0.29, 0.717) is 23.4 Å². The molecule has 0 bridgehead atoms. The number of nitrogens with zero attached hydrogens (tertiary/aromatic N) is 4. The number of amides is 3. The average molecular weight is 441 g/mol. The first-order valence-electron chi connectivity index (χ1n) is 11.0. The third-order valence-electron chi connectivity index (χ3n) is 5.73. The van der Waals surface area contributed by atoms with Gasteiger partial charge in [-0.1, -0.05) is 18.2 Å². The molecule has 0 aliphatic carbocycles. The van der Waals surface area contributed by atoms with Crippen LogP contribution in [0.1, 0.15) is 28.9 Å². The van der Waals surface area contributed by atoms with Gasteiger partial charge in [-0.15, -0.1) is 0 Å². The number of para-hydroxylation sites is 1. The highest BCUT2D eigenvalue weighted by atomic mass is 16.2. The van der Waals surface area contributed by atoms with Gasteiger partial charge < -0.3 is 15.5 Å². The van der Waals surface area contributed by atoms with Gasteiger partial charge in [0, 0.05) is 43.1 Å². The number of likely N-dealkylation sites (tertiary alicyclic amines) is 1. The van der Waals surface area contributed by atoms with Gasteiger partial charge in [0.25, 0.3) is 5.91 Å². The highest BCUT2D eigenvalue weighted by molar-refractivity contribution is 6.06. The third-order valence-corrected chi connectivity index (χ3v) is 5.73. The van der Waals surface area contributed by atoms with E-state index in [1.165, 1.54) is 0 Å². The number of rotatable bonds is 5. The van der Waals surface area contributed by atoms with Crippen LogP contribution >= 0.6 is 0 Å². The van der Waals surface area contributed by atoms with Crippen LogP contribution in [0.3, 0.4) is 0 Å². The third kappa shape index (κ3) is 4.41. The lowest BCUT2D eigenvalue weighted by atomic mass is 10.1. The van der Waals surface area contributed by atoms with Crippen molar-refractivity contribution < 1.29 is 9.59 Å². The van der Waals surface area contributed by atoms with E-state index in [1.807, 2.05) is 53.4 Å². The van der Waals surface area contributed by atoms with E-state index >= 15 is 0 Å². The SMILES string of the molecule is O=C(NCc1ccncc1)Nc1ccc2c(C(=O)N3CCCC3)n(-c3ccccc3)nc2c1. The maximum absolute atomic E-state index is 13.4. The van der Waals surface area contributed by atoms with Gasteiger partial charge in [-0.05, 0) is 60.9 Å². The Morgan fingerprint density at radius 3 is 2.45 bits per heavy atom. The number of anilines is 1. The Bertz CT molecular complexity index is 1280. The number of pyridine rings is 1. The molecule has 1 aliphatic rings. The summed E-state index contributed by atoms with van der Waals surface area (Å²) in [4.78, 5) is 31.6. The molecule has 166 valence electrons. The van der Waals surface area contributed by atoms with Crippen LogP contribution in [0.4, 0.5) is 10.5 Å². The smallest absolute Gasteiger partial charge is 0.319 e. The number of hydrogen-bond acceptors (Lipinski definition) is 4. The van der Waals surface area contributed by atoms with Crippen LogP contribution in [0.25, 0.3) is 16.6 Å². The molecule has 0 saturated carbocycles. The zero-order chi connectivity index (χ0) is 22.6. The molecule has 1 fully saturated rings. The lowest BCUT2D eigenvalue weighted by Gasteiger charge is -2.16. The second-order valence-electron chi connectivity index (χ2n) is 7.99. The fourth-order valence-electron chi connectivity index (χ4n) is 4.05. The molecular weight excluding hydrogens is 416 g/mol. The summed E-state index contributed by atoms with van der Waals surface area (Å²) in [5.41, 5.74) is 3.58. The number of nitrogens with one attached hydrogen (secondary N) is 2. The van der Waals surface area contributed by atoms with E-state index in [-0.39, 0.29) is 11.9 Å². The number of carbonyl (C=O) groups excluding carboxylic acids is 2. The highest BCUT2D eigenvalue weighted by Gasteiger charge is 2.26. The van der Waals surface area contributed by atoms with Crippen LogP contribution in [0.5, 0.6) is 0 Å². The van der Waals surface area contributed by atoms with Crippen molar-refractivity contribution in [3.8, 4) is 5.69 Å². The lowest BCUT2D eigenvalue weighted by Crippen LogP contribution is -2.29. The Morgan fingerprint density at radius 2 is 1.70 bits per heavy atom. The van der Waals surface area contributed by atoms with Crippen molar-refractivity contribution in [1.82, 2.24) is 25.0 Å². The van der Waals surface area contributed by atoms with E-state index in [0.717, 1.165) is 42.6 Å². The van der Waals surface area contributed by atoms with Crippen LogP contribution in [-0.2, 0) is 6.54 Å². The van der Waals surface area contributed by atoms with Crippen molar-refractivity contribution in [1.29, 1.82) is 0 Å². The first kappa shape index (κ1) is 20.7. The maximum Gasteiger partial charge on any atom is 0.319 e. The molecule has 1 saturated heterocycles. The van der Waals surface area contributed by atoms with Crippen molar-refractivity contribution in [2.75, 3.05) is 18.4 Å². The van der Waals surface area contributed by atoms with Gasteiger partial charge >= 0.3 is 6.03 Å². The summed E-state index contributed by atoms with van der Waals surface area (Å²) >= 11 is 0. The monoisotopic (exact) mass is 440 g/mol. The molecule has 3 heterocycles. The van der Waals surface area contributed by atoms with E-state index < -0.39 is 0 Å². The van der Waals surface area contributed by atoms with Crippen molar-refractivity contribution in [2.45, 2.75) is 19.4 Å². The van der Waals surface area contributed by atoms with Crippen molar-refractivity contribution >= 4 is 28.5 Å². The van der Waals surface area contributed by atoms with Gasteiger partial charge in [-0.2, -0.15) is 5.10 Å². The molecular formula is C25H24N6O2. The van der Waals surface area contributed by atoms with Gasteiger partial charge in [0.1, 0.15) is 5.69 Å². The lowest BCUT2D eigenvalue weighted by molar-refractivity contribution is 0.0785. The van der Waals surface area contributed by atoms with Crippen LogP contribution < -0.4 is 10.6 Å². The van der Waals surface area contributed by atoms with Crippen molar-refractivity contribution in [2.24, 2.45) is 0 Å². The van der Waals surface area contributed by atoms with Gasteiger partial charge in [0.15, 0.2) is 0 Å². The number of carbonyl (C=O) groups is 2. The van der Waals surface area contributed by atoms with Crippen LogP contribution in [0.15, 0.2) is 73.1 Å². The molecule has 0 spiro atoms. The second-order valence-corrected chi connectivity index (χ2v) is 7.99. The summed E-state index contributed by atoms with van der Waals surface area (Å²) in [6, 6.07) is 18.5. The summed E-state index contributed by atoms with van der Waals surface area (Å²) < 4.78 is 1.71. The predicted molar refractivity (Wildman–Crippen MR) is 126 cm³/mol. The Morgan fingerprint density at radius 1 is 0.939 bits per heavy atom. The fraction of sp³-hybridized carbons (Fsp3) is 0.200. The minimum atomic E-state index is -0.318. The van der Waals surface area contributed by atoms with Crippen LogP contribution in [-0.4, -0.2) is 44.7 Å². The molecule has 2 aromatic carbocycles. The fourth-order valence-corrected chi connectivity index (χ4v) is 4.05. The molecule has 33 heavy (non-hydrogen) atoms.